The van der Waals surface area contributed by atoms with Gasteiger partial charge in [0.05, 0.1) is 6.61 Å². The second-order valence-electron chi connectivity index (χ2n) is 3.26. The van der Waals surface area contributed by atoms with Gasteiger partial charge in [0.1, 0.15) is 18.5 Å². The summed E-state index contributed by atoms with van der Waals surface area (Å²) in [6.45, 7) is 1.55. The summed E-state index contributed by atoms with van der Waals surface area (Å²) >= 11 is 0. The fraction of sp³-hybridized carbons (Fsp3) is 0.400. The van der Waals surface area contributed by atoms with Crippen LogP contribution in [0.25, 0.3) is 0 Å². The molecule has 2 nitrogen and oxygen atoms in total. The van der Waals surface area contributed by atoms with Gasteiger partial charge in [-0.3, -0.25) is 0 Å². The molecule has 0 aromatic heterocycles. The van der Waals surface area contributed by atoms with Crippen LogP contribution in [0.2, 0.25) is 0 Å². The Hall–Kier alpha value is -0.803. The zero-order chi connectivity index (χ0) is 9.10. The van der Waals surface area contributed by atoms with Gasteiger partial charge in [0, 0.05) is 10.2 Å². The van der Waals surface area contributed by atoms with E-state index in [9.17, 15) is 0 Å². The van der Waals surface area contributed by atoms with E-state index in [0.717, 1.165) is 12.4 Å². The van der Waals surface area contributed by atoms with Crippen LogP contribution in [0.15, 0.2) is 24.3 Å². The molecule has 1 fully saturated rings. The Morgan fingerprint density at radius 1 is 1.38 bits per heavy atom. The second kappa shape index (κ2) is 3.94. The number of hydrogen-bond donors (Lipinski definition) is 0. The molecule has 0 bridgehead atoms. The topological polar surface area (TPSA) is 21.8 Å². The van der Waals surface area contributed by atoms with Crippen LogP contribution >= 0.6 is 0 Å². The van der Waals surface area contributed by atoms with Crippen molar-refractivity contribution in [2.24, 2.45) is 0 Å². The lowest BCUT2D eigenvalue weighted by Gasteiger charge is -2.04. The van der Waals surface area contributed by atoms with Crippen molar-refractivity contribution in [2.45, 2.75) is 12.1 Å². The Morgan fingerprint density at radius 3 is 2.62 bits per heavy atom. The lowest BCUT2D eigenvalue weighted by atomic mass is 10.2. The summed E-state index contributed by atoms with van der Waals surface area (Å²) in [5, 5.41) is 0. The molecule has 0 radical (unpaired) electrons. The molecular weight excluding hydrogens is 180 g/mol. The molecule has 0 aliphatic carbocycles. The van der Waals surface area contributed by atoms with E-state index in [1.165, 1.54) is 21.9 Å². The van der Waals surface area contributed by atoms with Crippen LogP contribution in [0.4, 0.5) is 0 Å². The van der Waals surface area contributed by atoms with Gasteiger partial charge in [0.25, 0.3) is 0 Å². The molecule has 1 aromatic rings. The maximum absolute atomic E-state index is 5.52. The minimum absolute atomic E-state index is 0.346. The van der Waals surface area contributed by atoms with Crippen LogP contribution in [0.3, 0.4) is 0 Å². The molecule has 1 atom stereocenters. The van der Waals surface area contributed by atoms with E-state index < -0.39 is 0 Å². The van der Waals surface area contributed by atoms with Crippen molar-refractivity contribution >= 4 is 10.2 Å². The highest BCUT2D eigenvalue weighted by molar-refractivity contribution is 6.08. The number of ether oxygens (including phenoxy) is 2. The van der Waals surface area contributed by atoms with Crippen LogP contribution in [0.5, 0.6) is 5.75 Å². The first-order valence-electron chi connectivity index (χ1n) is 4.72. The normalized spacial score (nSPS) is 20.2. The van der Waals surface area contributed by atoms with E-state index in [4.69, 9.17) is 9.47 Å². The predicted octanol–water partition coefficient (Wildman–Crippen LogP) is 0.330. The first-order chi connectivity index (χ1) is 6.38. The van der Waals surface area contributed by atoms with Gasteiger partial charge >= 0.3 is 0 Å². The summed E-state index contributed by atoms with van der Waals surface area (Å²) in [4.78, 5) is 0. The molecule has 1 aliphatic rings. The molecule has 3 heteroatoms. The van der Waals surface area contributed by atoms with Crippen molar-refractivity contribution in [3.8, 4) is 5.75 Å². The van der Waals surface area contributed by atoms with Crippen LogP contribution in [-0.2, 0) is 10.8 Å². The number of epoxide rings is 1. The smallest absolute Gasteiger partial charge is 0.119 e. The standard InChI is InChI=1S/C10H14O2Si/c13-7-8-1-3-9(4-2-8)11-5-10-6-12-10/h1-4,10H,5-7H2,13H3. The van der Waals surface area contributed by atoms with Gasteiger partial charge < -0.3 is 9.47 Å². The van der Waals surface area contributed by atoms with E-state index in [-0.39, 0.29) is 0 Å². The zero-order valence-corrected chi connectivity index (χ0v) is 9.82. The molecule has 1 saturated heterocycles. The molecule has 2 rings (SSSR count). The average molecular weight is 194 g/mol. The van der Waals surface area contributed by atoms with Gasteiger partial charge in [-0.25, -0.2) is 0 Å². The molecule has 1 aliphatic heterocycles. The van der Waals surface area contributed by atoms with Gasteiger partial charge in [-0.2, -0.15) is 0 Å². The SMILES string of the molecule is [SiH3]Cc1ccc(OCC2CO2)cc1. The van der Waals surface area contributed by atoms with Gasteiger partial charge in [-0.1, -0.05) is 17.7 Å². The first-order valence-corrected chi connectivity index (χ1v) is 6.13. The number of hydrogen-bond acceptors (Lipinski definition) is 2. The first kappa shape index (κ1) is 8.78. The summed E-state index contributed by atoms with van der Waals surface area (Å²) in [6, 6.07) is 9.56. The van der Waals surface area contributed by atoms with Gasteiger partial charge in [0.2, 0.25) is 0 Å². The van der Waals surface area contributed by atoms with E-state index in [1.807, 2.05) is 12.1 Å². The summed E-state index contributed by atoms with van der Waals surface area (Å²) in [6.07, 6.45) is 0.346. The van der Waals surface area contributed by atoms with E-state index >= 15 is 0 Å². The Kier molecular flexibility index (Phi) is 2.66. The van der Waals surface area contributed by atoms with E-state index in [2.05, 4.69) is 12.1 Å². The summed E-state index contributed by atoms with van der Waals surface area (Å²) in [5.41, 5.74) is 1.40. The molecule has 0 amide bonds. The third-order valence-electron chi connectivity index (χ3n) is 2.17. The van der Waals surface area contributed by atoms with Crippen molar-refractivity contribution in [3.63, 3.8) is 0 Å². The molecule has 0 N–H and O–H groups in total. The van der Waals surface area contributed by atoms with Crippen molar-refractivity contribution in [1.82, 2.24) is 0 Å². The summed E-state index contributed by atoms with van der Waals surface area (Å²) in [5.74, 6) is 0.953. The molecule has 70 valence electrons. The van der Waals surface area contributed by atoms with Crippen molar-refractivity contribution in [2.75, 3.05) is 13.2 Å². The highest BCUT2D eigenvalue weighted by atomic mass is 28.1. The maximum atomic E-state index is 5.52. The van der Waals surface area contributed by atoms with E-state index in [0.29, 0.717) is 12.7 Å². The quantitative estimate of drug-likeness (QED) is 0.509. The molecule has 0 spiro atoms. The third kappa shape index (κ3) is 2.57. The van der Waals surface area contributed by atoms with Gasteiger partial charge in [0.15, 0.2) is 0 Å². The summed E-state index contributed by atoms with van der Waals surface area (Å²) < 4.78 is 10.6. The Morgan fingerprint density at radius 2 is 2.08 bits per heavy atom. The lowest BCUT2D eigenvalue weighted by molar-refractivity contribution is 0.263. The third-order valence-corrected chi connectivity index (χ3v) is 2.99. The second-order valence-corrected chi connectivity index (χ2v) is 3.97. The van der Waals surface area contributed by atoms with E-state index in [1.54, 1.807) is 0 Å². The lowest BCUT2D eigenvalue weighted by Crippen LogP contribution is -2.03. The Bertz CT molecular complexity index is 267. The predicted molar refractivity (Wildman–Crippen MR) is 55.3 cm³/mol. The van der Waals surface area contributed by atoms with Crippen molar-refractivity contribution < 1.29 is 9.47 Å². The van der Waals surface area contributed by atoms with Gasteiger partial charge in [-0.15, -0.1) is 0 Å². The average Bonchev–Trinajstić information content (AvgIpc) is 2.99. The molecule has 1 unspecified atom stereocenters. The molecule has 1 aromatic carbocycles. The summed E-state index contributed by atoms with van der Waals surface area (Å²) in [7, 11) is 1.22. The highest BCUT2D eigenvalue weighted by Gasteiger charge is 2.22. The minimum Gasteiger partial charge on any atom is -0.491 e. The van der Waals surface area contributed by atoms with Crippen molar-refractivity contribution in [3.05, 3.63) is 29.8 Å². The van der Waals surface area contributed by atoms with Crippen LogP contribution < -0.4 is 4.74 Å². The minimum atomic E-state index is 0.346. The molecule has 0 saturated carbocycles. The van der Waals surface area contributed by atoms with Crippen LogP contribution in [-0.4, -0.2) is 29.6 Å². The zero-order valence-electron chi connectivity index (χ0n) is 7.82. The monoisotopic (exact) mass is 194 g/mol. The maximum Gasteiger partial charge on any atom is 0.119 e. The molecule has 13 heavy (non-hydrogen) atoms. The number of benzene rings is 1. The fourth-order valence-corrected chi connectivity index (χ4v) is 1.65. The Labute approximate surface area is 81.3 Å². The van der Waals surface area contributed by atoms with Gasteiger partial charge in [-0.05, 0) is 18.2 Å². The highest BCUT2D eigenvalue weighted by Crippen LogP contribution is 2.15. The van der Waals surface area contributed by atoms with Crippen LogP contribution in [0, 0.1) is 0 Å². The number of rotatable bonds is 4. The van der Waals surface area contributed by atoms with Crippen LogP contribution in [0.1, 0.15) is 5.56 Å². The van der Waals surface area contributed by atoms with Crippen molar-refractivity contribution in [1.29, 1.82) is 0 Å². The molecular formula is C10H14O2Si. The Balaban J connectivity index is 1.88. The largest absolute Gasteiger partial charge is 0.491 e. The fourth-order valence-electron chi connectivity index (χ4n) is 1.17. The molecule has 1 heterocycles.